The molecule has 0 aliphatic carbocycles. The Bertz CT molecular complexity index is 749. The molecule has 0 aromatic carbocycles. The van der Waals surface area contributed by atoms with Gasteiger partial charge in [-0.05, 0) is 33.8 Å². The average Bonchev–Trinajstić information content (AvgIpc) is 3.11. The van der Waals surface area contributed by atoms with Crippen LogP contribution in [0.1, 0.15) is 40.3 Å². The van der Waals surface area contributed by atoms with Crippen molar-refractivity contribution < 1.29 is 17.6 Å². The Morgan fingerprint density at radius 2 is 2.00 bits per heavy atom. The summed E-state index contributed by atoms with van der Waals surface area (Å²) in [6.45, 7) is 8.89. The number of rotatable bonds is 8. The Morgan fingerprint density at radius 1 is 1.39 bits per heavy atom. The molecule has 0 fully saturated rings. The van der Waals surface area contributed by atoms with Gasteiger partial charge in [-0.2, -0.15) is 18.3 Å². The standard InChI is InChI=1S/C18H26ClF4N5/c1-6-25-12(4)16(24)17(10(2)11(3)20)26-9-14(19)13(5)28-8-7-15(27-28)18(21,22)23/h7-11,17,25H,6,24H2,1-5H3/b14-13-,16-12-,26-9?/t10-,11+,17?/m1/s1. The van der Waals surface area contributed by atoms with Crippen molar-refractivity contribution in [1.82, 2.24) is 15.1 Å². The minimum atomic E-state index is -4.55. The minimum absolute atomic E-state index is 0.0643. The number of nitrogens with one attached hydrogen (secondary N) is 1. The fourth-order valence-electron chi connectivity index (χ4n) is 2.35. The SMILES string of the molecule is CCN/C(C)=C(\N)C(N=C/C(Cl)=C(\C)n1ccc(C(F)(F)F)n1)[C@H](C)[C@H](C)F. The Hall–Kier alpha value is -2.03. The second-order valence-electron chi connectivity index (χ2n) is 6.45. The maximum Gasteiger partial charge on any atom is 0.435 e. The molecule has 0 aliphatic heterocycles. The third-order valence-corrected chi connectivity index (χ3v) is 4.70. The molecule has 1 aromatic rings. The molecule has 1 aromatic heterocycles. The number of hydrogen-bond donors (Lipinski definition) is 2. The van der Waals surface area contributed by atoms with Gasteiger partial charge in [-0.15, -0.1) is 0 Å². The number of halogens is 5. The molecule has 0 spiro atoms. The quantitative estimate of drug-likeness (QED) is 0.475. The van der Waals surface area contributed by atoms with E-state index in [1.165, 1.54) is 20.1 Å². The maximum atomic E-state index is 13.9. The molecule has 1 rings (SSSR count). The van der Waals surface area contributed by atoms with Crippen LogP contribution in [-0.2, 0) is 6.18 Å². The summed E-state index contributed by atoms with van der Waals surface area (Å²) in [5.74, 6) is -0.531. The molecule has 10 heteroatoms. The topological polar surface area (TPSA) is 68.2 Å². The lowest BCUT2D eigenvalue weighted by atomic mass is 9.94. The second kappa shape index (κ2) is 9.95. The predicted molar refractivity (Wildman–Crippen MR) is 105 cm³/mol. The first-order valence-corrected chi connectivity index (χ1v) is 9.14. The molecule has 158 valence electrons. The van der Waals surface area contributed by atoms with Crippen molar-refractivity contribution in [3.63, 3.8) is 0 Å². The summed E-state index contributed by atoms with van der Waals surface area (Å²) < 4.78 is 53.0. The molecule has 0 radical (unpaired) electrons. The van der Waals surface area contributed by atoms with E-state index in [1.807, 2.05) is 6.92 Å². The van der Waals surface area contributed by atoms with Gasteiger partial charge in [-0.3, -0.25) is 4.99 Å². The van der Waals surface area contributed by atoms with E-state index < -0.39 is 30.0 Å². The van der Waals surface area contributed by atoms with Gasteiger partial charge in [0.05, 0.1) is 22.5 Å². The lowest BCUT2D eigenvalue weighted by molar-refractivity contribution is -0.141. The lowest BCUT2D eigenvalue weighted by Gasteiger charge is -2.24. The van der Waals surface area contributed by atoms with Crippen molar-refractivity contribution in [2.24, 2.45) is 16.6 Å². The van der Waals surface area contributed by atoms with Crippen molar-refractivity contribution in [3.05, 3.63) is 34.4 Å². The summed E-state index contributed by atoms with van der Waals surface area (Å²) in [7, 11) is 0. The van der Waals surface area contributed by atoms with Gasteiger partial charge in [0.25, 0.3) is 0 Å². The van der Waals surface area contributed by atoms with Gasteiger partial charge in [0, 0.05) is 30.6 Å². The molecule has 0 bridgehead atoms. The zero-order valence-electron chi connectivity index (χ0n) is 16.5. The summed E-state index contributed by atoms with van der Waals surface area (Å²) in [4.78, 5) is 4.31. The molecule has 3 atom stereocenters. The highest BCUT2D eigenvalue weighted by molar-refractivity contribution is 6.41. The zero-order chi connectivity index (χ0) is 21.6. The van der Waals surface area contributed by atoms with Crippen molar-refractivity contribution in [2.75, 3.05) is 6.54 Å². The number of aromatic nitrogens is 2. The summed E-state index contributed by atoms with van der Waals surface area (Å²) >= 11 is 6.19. The van der Waals surface area contributed by atoms with Gasteiger partial charge in [0.15, 0.2) is 5.69 Å². The van der Waals surface area contributed by atoms with E-state index >= 15 is 0 Å². The molecule has 0 aliphatic rings. The van der Waals surface area contributed by atoms with E-state index in [0.29, 0.717) is 17.9 Å². The van der Waals surface area contributed by atoms with E-state index in [2.05, 4.69) is 15.4 Å². The number of hydrogen-bond acceptors (Lipinski definition) is 4. The molecule has 0 saturated carbocycles. The van der Waals surface area contributed by atoms with E-state index in [4.69, 9.17) is 17.3 Å². The van der Waals surface area contributed by atoms with E-state index in [9.17, 15) is 17.6 Å². The lowest BCUT2D eigenvalue weighted by Crippen LogP contribution is -2.32. The molecule has 28 heavy (non-hydrogen) atoms. The van der Waals surface area contributed by atoms with Crippen LogP contribution in [0, 0.1) is 5.92 Å². The second-order valence-corrected chi connectivity index (χ2v) is 6.85. The monoisotopic (exact) mass is 423 g/mol. The van der Waals surface area contributed by atoms with Crippen molar-refractivity contribution >= 4 is 23.5 Å². The third kappa shape index (κ3) is 6.25. The highest BCUT2D eigenvalue weighted by Gasteiger charge is 2.33. The number of nitrogens with two attached hydrogens (primary N) is 1. The molecular formula is C18H26ClF4N5. The molecule has 5 nitrogen and oxygen atoms in total. The fraction of sp³-hybridized carbons (Fsp3) is 0.556. The van der Waals surface area contributed by atoms with Gasteiger partial charge in [0.2, 0.25) is 0 Å². The average molecular weight is 424 g/mol. The summed E-state index contributed by atoms with van der Waals surface area (Å²) in [5.41, 5.74) is 6.41. The fourth-order valence-corrected chi connectivity index (χ4v) is 2.49. The van der Waals surface area contributed by atoms with Crippen LogP contribution < -0.4 is 11.1 Å². The Kier molecular flexibility index (Phi) is 8.53. The van der Waals surface area contributed by atoms with Crippen LogP contribution >= 0.6 is 11.6 Å². The van der Waals surface area contributed by atoms with Gasteiger partial charge in [-0.1, -0.05) is 18.5 Å². The first kappa shape index (κ1) is 24.0. The van der Waals surface area contributed by atoms with Crippen LogP contribution in [-0.4, -0.2) is 34.8 Å². The number of nitrogens with zero attached hydrogens (tertiary/aromatic N) is 3. The van der Waals surface area contributed by atoms with Gasteiger partial charge in [0.1, 0.15) is 6.17 Å². The third-order valence-electron chi connectivity index (χ3n) is 4.33. The van der Waals surface area contributed by atoms with Crippen LogP contribution in [0.15, 0.2) is 33.7 Å². The molecular weight excluding hydrogens is 398 g/mol. The number of aliphatic imine (C=N–C) groups is 1. The summed E-state index contributed by atoms with van der Waals surface area (Å²) in [6, 6.07) is 0.157. The molecule has 3 N–H and O–H groups in total. The van der Waals surface area contributed by atoms with Gasteiger partial charge in [-0.25, -0.2) is 9.07 Å². The Morgan fingerprint density at radius 3 is 2.46 bits per heavy atom. The summed E-state index contributed by atoms with van der Waals surface area (Å²) in [6.07, 6.45) is -3.31. The van der Waals surface area contributed by atoms with Crippen LogP contribution in [0.25, 0.3) is 5.70 Å². The van der Waals surface area contributed by atoms with E-state index in [0.717, 1.165) is 16.9 Å². The maximum absolute atomic E-state index is 13.9. The van der Waals surface area contributed by atoms with Gasteiger partial charge >= 0.3 is 6.18 Å². The molecule has 0 amide bonds. The zero-order valence-corrected chi connectivity index (χ0v) is 17.2. The largest absolute Gasteiger partial charge is 0.435 e. The van der Waals surface area contributed by atoms with Crippen LogP contribution in [0.4, 0.5) is 17.6 Å². The van der Waals surface area contributed by atoms with Crippen molar-refractivity contribution in [3.8, 4) is 0 Å². The first-order chi connectivity index (χ1) is 12.9. The van der Waals surface area contributed by atoms with E-state index in [1.54, 1.807) is 13.8 Å². The normalized spacial score (nSPS) is 17.8. The Balaban J connectivity index is 3.21. The van der Waals surface area contributed by atoms with E-state index in [-0.39, 0.29) is 10.7 Å². The smallest absolute Gasteiger partial charge is 0.399 e. The van der Waals surface area contributed by atoms with Crippen LogP contribution in [0.3, 0.4) is 0 Å². The Labute approximate surface area is 167 Å². The van der Waals surface area contributed by atoms with Crippen molar-refractivity contribution in [1.29, 1.82) is 0 Å². The van der Waals surface area contributed by atoms with Crippen LogP contribution in [0.5, 0.6) is 0 Å². The molecule has 0 saturated heterocycles. The highest BCUT2D eigenvalue weighted by Crippen LogP contribution is 2.28. The van der Waals surface area contributed by atoms with Gasteiger partial charge < -0.3 is 11.1 Å². The molecule has 1 heterocycles. The predicted octanol–water partition coefficient (Wildman–Crippen LogP) is 4.56. The summed E-state index contributed by atoms with van der Waals surface area (Å²) in [5, 5.41) is 6.59. The first-order valence-electron chi connectivity index (χ1n) is 8.77. The molecule has 1 unspecified atom stereocenters. The number of allylic oxidation sites excluding steroid dienone is 3. The van der Waals surface area contributed by atoms with Crippen molar-refractivity contribution in [2.45, 2.75) is 53.0 Å². The minimum Gasteiger partial charge on any atom is -0.399 e. The highest BCUT2D eigenvalue weighted by atomic mass is 35.5. The number of alkyl halides is 4. The van der Waals surface area contributed by atoms with Crippen LogP contribution in [0.2, 0.25) is 0 Å².